The van der Waals surface area contributed by atoms with Crippen LogP contribution in [0.3, 0.4) is 0 Å². The summed E-state index contributed by atoms with van der Waals surface area (Å²) < 4.78 is 9.59. The number of benzene rings is 2. The molecule has 3 N–H and O–H groups in total. The number of carbonyl (C=O) groups excluding carboxylic acids is 1. The summed E-state index contributed by atoms with van der Waals surface area (Å²) in [5.74, 6) is 7.46. The van der Waals surface area contributed by atoms with Crippen LogP contribution in [0.4, 0.5) is 5.69 Å². The Morgan fingerprint density at radius 2 is 2.00 bits per heavy atom. The minimum atomic E-state index is -1.30. The van der Waals surface area contributed by atoms with Gasteiger partial charge >= 0.3 is 0 Å². The smallest absolute Gasteiger partial charge is 0.260 e. The van der Waals surface area contributed by atoms with Crippen LogP contribution in [-0.2, 0) is 6.42 Å². The topological polar surface area (TPSA) is 82.0 Å². The second kappa shape index (κ2) is 15.1. The van der Waals surface area contributed by atoms with Crippen molar-refractivity contribution in [2.24, 2.45) is 23.7 Å². The maximum absolute atomic E-state index is 13.4. The molecule has 1 saturated carbocycles. The van der Waals surface area contributed by atoms with E-state index < -0.39 is 17.0 Å². The van der Waals surface area contributed by atoms with Crippen LogP contribution in [0.15, 0.2) is 36.4 Å². The van der Waals surface area contributed by atoms with E-state index in [1.807, 2.05) is 24.3 Å². The summed E-state index contributed by atoms with van der Waals surface area (Å²) in [6.45, 7) is 10.9. The first-order valence-electron chi connectivity index (χ1n) is 15.6. The predicted octanol–water partition coefficient (Wildman–Crippen LogP) is 7.03. The van der Waals surface area contributed by atoms with Crippen molar-refractivity contribution in [2.75, 3.05) is 30.3 Å². The minimum Gasteiger partial charge on any atom is -0.491 e. The van der Waals surface area contributed by atoms with Gasteiger partial charge in [0.15, 0.2) is 6.29 Å². The lowest BCUT2D eigenvalue weighted by molar-refractivity contribution is -0.0815. The summed E-state index contributed by atoms with van der Waals surface area (Å²) in [5, 5.41) is 20.2. The first-order valence-corrected chi connectivity index (χ1v) is 17.5. The highest BCUT2D eigenvalue weighted by molar-refractivity contribution is 8.12. The number of aliphatic hydroxyl groups is 2. The standard InChI is InChI=1S/C34H49ClN2O4S/c1-6-8-22(3)21-42(5)36-34(40)25-10-13-32-31(16-25)37(19-30-23(4)14-26(30)17-33(38)39)18-27(20-41-32)29-12-11-28(35)15-24(29)9-7-2/h10-13,15-16,22-23,26-27,30,33,38-39H,5-9,14,17-21H2,1-4H3,(H,36,40). The molecule has 0 bridgehead atoms. The summed E-state index contributed by atoms with van der Waals surface area (Å²) in [7, 11) is -0.453. The second-order valence-corrected chi connectivity index (χ2v) is 14.5. The number of nitrogens with zero attached hydrogens (tertiary/aromatic N) is 1. The van der Waals surface area contributed by atoms with Crippen LogP contribution in [0, 0.1) is 23.7 Å². The van der Waals surface area contributed by atoms with Gasteiger partial charge < -0.3 is 24.6 Å². The molecule has 2 aromatic carbocycles. The number of nitrogens with one attached hydrogen (secondary N) is 1. The molecule has 1 amide bonds. The Hall–Kier alpha value is -2.06. The quantitative estimate of drug-likeness (QED) is 0.166. The molecular formula is C34H49ClN2O4S. The van der Waals surface area contributed by atoms with E-state index in [0.29, 0.717) is 36.3 Å². The van der Waals surface area contributed by atoms with Crippen molar-refractivity contribution < 1.29 is 19.7 Å². The number of carbonyl (C=O) groups is 1. The minimum absolute atomic E-state index is 0.109. The second-order valence-electron chi connectivity index (χ2n) is 12.5. The number of aryl methyl sites for hydroxylation is 1. The average molecular weight is 617 g/mol. The number of hydrogen-bond donors (Lipinski definition) is 3. The summed E-state index contributed by atoms with van der Waals surface area (Å²) in [6, 6.07) is 11.9. The third-order valence-electron chi connectivity index (χ3n) is 8.97. The number of anilines is 1. The van der Waals surface area contributed by atoms with Gasteiger partial charge in [-0.25, -0.2) is 0 Å². The van der Waals surface area contributed by atoms with Crippen LogP contribution in [0.1, 0.15) is 87.2 Å². The van der Waals surface area contributed by atoms with E-state index in [0.717, 1.165) is 67.4 Å². The SMILES string of the molecule is C=S(CC(C)CCC)NC(=O)c1ccc2c(c1)N(CC1C(C)CC1CC(O)O)CC(c1ccc(Cl)cc1CCC)CO2. The van der Waals surface area contributed by atoms with E-state index in [1.165, 1.54) is 11.1 Å². The van der Waals surface area contributed by atoms with E-state index >= 15 is 0 Å². The molecule has 0 aromatic heterocycles. The number of ether oxygens (including phenoxy) is 1. The highest BCUT2D eigenvalue weighted by Crippen LogP contribution is 2.45. The molecule has 0 saturated heterocycles. The molecule has 42 heavy (non-hydrogen) atoms. The Balaban J connectivity index is 1.63. The predicted molar refractivity (Wildman–Crippen MR) is 177 cm³/mol. The van der Waals surface area contributed by atoms with E-state index in [-0.39, 0.29) is 17.7 Å². The maximum Gasteiger partial charge on any atom is 0.260 e. The Bertz CT molecular complexity index is 1240. The Kier molecular flexibility index (Phi) is 11.8. The summed E-state index contributed by atoms with van der Waals surface area (Å²) >= 11 is 6.40. The molecule has 8 heteroatoms. The van der Waals surface area contributed by atoms with E-state index in [1.54, 1.807) is 0 Å². The van der Waals surface area contributed by atoms with Crippen molar-refractivity contribution in [3.05, 3.63) is 58.1 Å². The summed E-state index contributed by atoms with van der Waals surface area (Å²) in [5.41, 5.74) is 4.03. The highest BCUT2D eigenvalue weighted by Gasteiger charge is 2.41. The first kappa shape index (κ1) is 32.8. The number of amides is 1. The normalized spacial score (nSPS) is 23.4. The summed E-state index contributed by atoms with van der Waals surface area (Å²) in [4.78, 5) is 15.7. The molecular weight excluding hydrogens is 568 g/mol. The fourth-order valence-corrected chi connectivity index (χ4v) is 8.34. The number of fused-ring (bicyclic) bond motifs is 1. The lowest BCUT2D eigenvalue weighted by Gasteiger charge is -2.46. The molecule has 2 aliphatic rings. The molecule has 6 unspecified atom stereocenters. The molecule has 2 aromatic rings. The zero-order valence-electron chi connectivity index (χ0n) is 25.7. The maximum atomic E-state index is 13.4. The van der Waals surface area contributed by atoms with Crippen LogP contribution in [0.2, 0.25) is 5.02 Å². The van der Waals surface area contributed by atoms with Gasteiger partial charge in [0.1, 0.15) is 5.75 Å². The molecule has 0 spiro atoms. The highest BCUT2D eigenvalue weighted by atomic mass is 35.5. The monoisotopic (exact) mass is 616 g/mol. The first-order chi connectivity index (χ1) is 20.1. The molecule has 6 atom stereocenters. The molecule has 232 valence electrons. The van der Waals surface area contributed by atoms with Gasteiger partial charge in [-0.3, -0.25) is 4.79 Å². The molecule has 0 radical (unpaired) electrons. The lowest BCUT2D eigenvalue weighted by atomic mass is 9.64. The van der Waals surface area contributed by atoms with Crippen molar-refractivity contribution in [3.8, 4) is 5.75 Å². The number of rotatable bonds is 13. The van der Waals surface area contributed by atoms with E-state index in [4.69, 9.17) is 16.3 Å². The van der Waals surface area contributed by atoms with Crippen molar-refractivity contribution in [3.63, 3.8) is 0 Å². The fraction of sp³-hybridized carbons (Fsp3) is 0.588. The van der Waals surface area contributed by atoms with E-state index in [2.05, 4.69) is 55.3 Å². The van der Waals surface area contributed by atoms with Crippen molar-refractivity contribution in [1.82, 2.24) is 4.72 Å². The Morgan fingerprint density at radius 3 is 2.69 bits per heavy atom. The molecule has 1 heterocycles. The largest absolute Gasteiger partial charge is 0.491 e. The van der Waals surface area contributed by atoms with Gasteiger partial charge in [-0.1, -0.05) is 70.5 Å². The fourth-order valence-electron chi connectivity index (χ4n) is 6.83. The van der Waals surface area contributed by atoms with Crippen LogP contribution < -0.4 is 14.4 Å². The van der Waals surface area contributed by atoms with Gasteiger partial charge in [0.25, 0.3) is 5.91 Å². The van der Waals surface area contributed by atoms with Crippen molar-refractivity contribution >= 4 is 39.7 Å². The lowest BCUT2D eigenvalue weighted by Crippen LogP contribution is -2.45. The van der Waals surface area contributed by atoms with E-state index in [9.17, 15) is 15.0 Å². The zero-order chi connectivity index (χ0) is 30.4. The van der Waals surface area contributed by atoms with Gasteiger partial charge in [0.2, 0.25) is 0 Å². The zero-order valence-corrected chi connectivity index (χ0v) is 27.2. The molecule has 1 aliphatic heterocycles. The third-order valence-corrected chi connectivity index (χ3v) is 10.6. The van der Waals surface area contributed by atoms with Gasteiger partial charge in [-0.2, -0.15) is 0 Å². The molecule has 6 nitrogen and oxygen atoms in total. The molecule has 1 aliphatic carbocycles. The van der Waals surface area contributed by atoms with Gasteiger partial charge in [-0.05, 0) is 78.0 Å². The van der Waals surface area contributed by atoms with Gasteiger partial charge in [-0.15, -0.1) is 10.7 Å². The van der Waals surface area contributed by atoms with Gasteiger partial charge in [0.05, 0.1) is 12.3 Å². The number of hydrogen-bond acceptors (Lipinski definition) is 5. The summed E-state index contributed by atoms with van der Waals surface area (Å²) in [6.07, 6.45) is 4.31. The average Bonchev–Trinajstić information content (AvgIpc) is 3.10. The van der Waals surface area contributed by atoms with Gasteiger partial charge in [0, 0.05) is 41.8 Å². The van der Waals surface area contributed by atoms with Crippen molar-refractivity contribution in [1.29, 1.82) is 0 Å². The Morgan fingerprint density at radius 1 is 1.21 bits per heavy atom. The Labute approximate surface area is 259 Å². The van der Waals surface area contributed by atoms with Crippen LogP contribution in [0.5, 0.6) is 5.75 Å². The van der Waals surface area contributed by atoms with Crippen LogP contribution in [-0.4, -0.2) is 53.7 Å². The molecule has 4 rings (SSSR count). The molecule has 1 fully saturated rings. The van der Waals surface area contributed by atoms with Crippen LogP contribution in [0.25, 0.3) is 0 Å². The third kappa shape index (κ3) is 8.31. The number of halogens is 1. The van der Waals surface area contributed by atoms with Crippen molar-refractivity contribution in [2.45, 2.75) is 78.4 Å². The van der Waals surface area contributed by atoms with Crippen LogP contribution >= 0.6 is 22.3 Å². The number of aliphatic hydroxyl groups excluding tert-OH is 1.